The number of carboxylic acids is 1. The number of unbranched alkanes of at least 4 members (excludes halogenated alkanes) is 1. The number of sulfonamides is 1. The highest BCUT2D eigenvalue weighted by Crippen LogP contribution is 1.94. The molecule has 0 aliphatic rings. The number of nitrogens with one attached hydrogen (secondary N) is 1. The van der Waals surface area contributed by atoms with Crippen molar-refractivity contribution < 1.29 is 23.1 Å². The maximum absolute atomic E-state index is 11.3. The van der Waals surface area contributed by atoms with Gasteiger partial charge in [-0.15, -0.1) is 0 Å². The van der Waals surface area contributed by atoms with Crippen molar-refractivity contribution in [1.29, 1.82) is 0 Å². The molecule has 0 aliphatic carbocycles. The predicted molar refractivity (Wildman–Crippen MR) is 59.7 cm³/mol. The summed E-state index contributed by atoms with van der Waals surface area (Å²) < 4.78 is 29.8. The van der Waals surface area contributed by atoms with Crippen LogP contribution in [0.3, 0.4) is 0 Å². The van der Waals surface area contributed by atoms with Crippen LogP contribution in [0.1, 0.15) is 26.7 Å². The lowest BCUT2D eigenvalue weighted by Crippen LogP contribution is -2.31. The van der Waals surface area contributed by atoms with Crippen LogP contribution in [-0.4, -0.2) is 44.5 Å². The fourth-order valence-electron chi connectivity index (χ4n) is 0.911. The van der Waals surface area contributed by atoms with Gasteiger partial charge >= 0.3 is 5.97 Å². The van der Waals surface area contributed by atoms with Gasteiger partial charge in [0, 0.05) is 6.54 Å². The van der Waals surface area contributed by atoms with Crippen molar-refractivity contribution in [3.63, 3.8) is 0 Å². The van der Waals surface area contributed by atoms with Crippen LogP contribution in [0.15, 0.2) is 0 Å². The van der Waals surface area contributed by atoms with Gasteiger partial charge < -0.3 is 9.84 Å². The van der Waals surface area contributed by atoms with Crippen molar-refractivity contribution in [3.8, 4) is 0 Å². The zero-order chi connectivity index (χ0) is 12.6. The van der Waals surface area contributed by atoms with Gasteiger partial charge in [0.25, 0.3) is 0 Å². The van der Waals surface area contributed by atoms with E-state index >= 15 is 0 Å². The van der Waals surface area contributed by atoms with E-state index in [1.165, 1.54) is 6.92 Å². The lowest BCUT2D eigenvalue weighted by molar-refractivity contribution is -0.148. The number of ether oxygens (including phenoxy) is 1. The van der Waals surface area contributed by atoms with Gasteiger partial charge in [-0.3, -0.25) is 0 Å². The maximum Gasteiger partial charge on any atom is 0.332 e. The Morgan fingerprint density at radius 3 is 2.62 bits per heavy atom. The largest absolute Gasteiger partial charge is 0.479 e. The van der Waals surface area contributed by atoms with E-state index < -0.39 is 22.1 Å². The van der Waals surface area contributed by atoms with E-state index in [0.717, 1.165) is 6.42 Å². The van der Waals surface area contributed by atoms with Gasteiger partial charge in [-0.25, -0.2) is 17.9 Å². The minimum Gasteiger partial charge on any atom is -0.479 e. The van der Waals surface area contributed by atoms with Crippen LogP contribution in [0, 0.1) is 0 Å². The van der Waals surface area contributed by atoms with Crippen LogP contribution >= 0.6 is 0 Å². The van der Waals surface area contributed by atoms with E-state index in [-0.39, 0.29) is 18.9 Å². The fraction of sp³-hybridized carbons (Fsp3) is 0.889. The van der Waals surface area contributed by atoms with Gasteiger partial charge in [-0.1, -0.05) is 13.3 Å². The molecule has 96 valence electrons. The third-order valence-corrected chi connectivity index (χ3v) is 3.38. The molecule has 1 unspecified atom stereocenters. The summed E-state index contributed by atoms with van der Waals surface area (Å²) in [6.07, 6.45) is 0.509. The summed E-state index contributed by atoms with van der Waals surface area (Å²) in [6.45, 7) is 3.46. The van der Waals surface area contributed by atoms with Gasteiger partial charge in [-0.05, 0) is 13.3 Å². The third-order valence-electron chi connectivity index (χ3n) is 1.91. The average molecular weight is 253 g/mol. The Kier molecular flexibility index (Phi) is 7.27. The average Bonchev–Trinajstić information content (AvgIpc) is 2.21. The molecule has 0 bridgehead atoms. The van der Waals surface area contributed by atoms with E-state index in [1.54, 1.807) is 0 Å². The summed E-state index contributed by atoms with van der Waals surface area (Å²) in [4.78, 5) is 10.4. The number of carboxylic acid groups (broad SMARTS) is 1. The first-order valence-corrected chi connectivity index (χ1v) is 6.86. The van der Waals surface area contributed by atoms with Gasteiger partial charge in [0.05, 0.1) is 12.4 Å². The van der Waals surface area contributed by atoms with Crippen molar-refractivity contribution in [2.45, 2.75) is 32.8 Å². The molecule has 0 heterocycles. The second-order valence-corrected chi connectivity index (χ2v) is 5.34. The Morgan fingerprint density at radius 1 is 1.50 bits per heavy atom. The molecular weight excluding hydrogens is 234 g/mol. The molecular formula is C9H19NO5S. The lowest BCUT2D eigenvalue weighted by Gasteiger charge is -2.09. The van der Waals surface area contributed by atoms with E-state index in [2.05, 4.69) is 4.72 Å². The SMILES string of the molecule is CCCCS(=O)(=O)NCCOC(C)C(=O)O. The van der Waals surface area contributed by atoms with Gasteiger partial charge in [0.1, 0.15) is 0 Å². The summed E-state index contributed by atoms with van der Waals surface area (Å²) >= 11 is 0. The molecule has 0 aromatic rings. The monoisotopic (exact) mass is 253 g/mol. The number of hydrogen-bond donors (Lipinski definition) is 2. The predicted octanol–water partition coefficient (Wildman–Crippen LogP) is 0.196. The Bertz CT molecular complexity index is 301. The van der Waals surface area contributed by atoms with Crippen molar-refractivity contribution >= 4 is 16.0 Å². The van der Waals surface area contributed by atoms with Gasteiger partial charge in [0.2, 0.25) is 10.0 Å². The number of hydrogen-bond acceptors (Lipinski definition) is 4. The molecule has 0 rings (SSSR count). The van der Waals surface area contributed by atoms with Gasteiger partial charge in [0.15, 0.2) is 6.10 Å². The van der Waals surface area contributed by atoms with Crippen LogP contribution in [0.25, 0.3) is 0 Å². The first-order chi connectivity index (χ1) is 7.39. The highest BCUT2D eigenvalue weighted by atomic mass is 32.2. The van der Waals surface area contributed by atoms with Crippen LogP contribution < -0.4 is 4.72 Å². The number of rotatable bonds is 9. The minimum absolute atomic E-state index is 0.0544. The van der Waals surface area contributed by atoms with E-state index in [9.17, 15) is 13.2 Å². The molecule has 0 fully saturated rings. The summed E-state index contributed by atoms with van der Waals surface area (Å²) in [7, 11) is -3.24. The molecule has 0 radical (unpaired) electrons. The first kappa shape index (κ1) is 15.3. The molecule has 7 heteroatoms. The molecule has 1 atom stereocenters. The number of carbonyl (C=O) groups is 1. The van der Waals surface area contributed by atoms with Crippen molar-refractivity contribution in [2.75, 3.05) is 18.9 Å². The zero-order valence-corrected chi connectivity index (χ0v) is 10.4. The molecule has 6 nitrogen and oxygen atoms in total. The topological polar surface area (TPSA) is 92.7 Å². The second-order valence-electron chi connectivity index (χ2n) is 3.42. The second kappa shape index (κ2) is 7.59. The van der Waals surface area contributed by atoms with Crippen molar-refractivity contribution in [2.24, 2.45) is 0 Å². The van der Waals surface area contributed by atoms with Gasteiger partial charge in [-0.2, -0.15) is 0 Å². The first-order valence-electron chi connectivity index (χ1n) is 5.20. The van der Waals surface area contributed by atoms with Crippen LogP contribution in [0.4, 0.5) is 0 Å². The highest BCUT2D eigenvalue weighted by Gasteiger charge is 2.12. The summed E-state index contributed by atoms with van der Waals surface area (Å²) in [5, 5.41) is 8.49. The highest BCUT2D eigenvalue weighted by molar-refractivity contribution is 7.89. The summed E-state index contributed by atoms with van der Waals surface area (Å²) in [6, 6.07) is 0. The molecule has 0 spiro atoms. The molecule has 0 aliphatic heterocycles. The molecule has 0 saturated carbocycles. The molecule has 0 amide bonds. The Balaban J connectivity index is 3.69. The van der Waals surface area contributed by atoms with E-state index in [4.69, 9.17) is 9.84 Å². The standard InChI is InChI=1S/C9H19NO5S/c1-3-4-7-16(13,14)10-5-6-15-8(2)9(11)12/h8,10H,3-7H2,1-2H3,(H,11,12). The van der Waals surface area contributed by atoms with E-state index in [0.29, 0.717) is 6.42 Å². The Morgan fingerprint density at radius 2 is 2.12 bits per heavy atom. The normalized spacial score (nSPS) is 13.6. The quantitative estimate of drug-likeness (QED) is 0.572. The van der Waals surface area contributed by atoms with Crippen LogP contribution in [0.2, 0.25) is 0 Å². The molecule has 0 aromatic heterocycles. The minimum atomic E-state index is -3.24. The summed E-state index contributed by atoms with van der Waals surface area (Å²) in [5.41, 5.74) is 0. The van der Waals surface area contributed by atoms with Crippen molar-refractivity contribution in [3.05, 3.63) is 0 Å². The van der Waals surface area contributed by atoms with Crippen LogP contribution in [-0.2, 0) is 19.6 Å². The Labute approximate surface area is 96.0 Å². The molecule has 0 saturated heterocycles. The zero-order valence-electron chi connectivity index (χ0n) is 9.60. The van der Waals surface area contributed by atoms with Crippen LogP contribution in [0.5, 0.6) is 0 Å². The van der Waals surface area contributed by atoms with Crippen molar-refractivity contribution in [1.82, 2.24) is 4.72 Å². The Hall–Kier alpha value is -0.660. The molecule has 16 heavy (non-hydrogen) atoms. The maximum atomic E-state index is 11.3. The van der Waals surface area contributed by atoms with E-state index in [1.807, 2.05) is 6.92 Å². The molecule has 0 aromatic carbocycles. The smallest absolute Gasteiger partial charge is 0.332 e. The lowest BCUT2D eigenvalue weighted by atomic mass is 10.4. The molecule has 2 N–H and O–H groups in total. The fourth-order valence-corrected chi connectivity index (χ4v) is 2.12. The third kappa shape index (κ3) is 7.61. The summed E-state index contributed by atoms with van der Waals surface area (Å²) in [5.74, 6) is -0.966. The number of aliphatic carboxylic acids is 1.